The van der Waals surface area contributed by atoms with Gasteiger partial charge in [0.25, 0.3) is 0 Å². The lowest BCUT2D eigenvalue weighted by Gasteiger charge is -2.20. The van der Waals surface area contributed by atoms with E-state index in [9.17, 15) is 0 Å². The van der Waals surface area contributed by atoms with Gasteiger partial charge in [-0.25, -0.2) is 0 Å². The van der Waals surface area contributed by atoms with E-state index in [1.54, 1.807) is 0 Å². The highest BCUT2D eigenvalue weighted by molar-refractivity contribution is 9.09. The van der Waals surface area contributed by atoms with Crippen LogP contribution in [-0.2, 0) is 6.42 Å². The maximum atomic E-state index is 6.46. The topological polar surface area (TPSA) is 18.5 Å². The normalized spacial score (nSPS) is 26.3. The van der Waals surface area contributed by atoms with Gasteiger partial charge >= 0.3 is 0 Å². The zero-order valence-corrected chi connectivity index (χ0v) is 13.4. The zero-order valence-electron chi connectivity index (χ0n) is 11.0. The molecule has 0 aromatic heterocycles. The number of ether oxygens (including phenoxy) is 2. The van der Waals surface area contributed by atoms with Gasteiger partial charge in [0.05, 0.1) is 13.2 Å². The summed E-state index contributed by atoms with van der Waals surface area (Å²) in [5.74, 6) is 2.41. The quantitative estimate of drug-likeness (QED) is 0.491. The van der Waals surface area contributed by atoms with Gasteiger partial charge in [-0.3, -0.25) is 0 Å². The van der Waals surface area contributed by atoms with Crippen molar-refractivity contribution in [2.24, 2.45) is 5.92 Å². The van der Waals surface area contributed by atoms with Crippen LogP contribution in [0.5, 0.6) is 11.5 Å². The average molecular weight is 346 g/mol. The van der Waals surface area contributed by atoms with Gasteiger partial charge in [-0.15, -0.1) is 0 Å². The van der Waals surface area contributed by atoms with Crippen molar-refractivity contribution in [2.75, 3.05) is 13.2 Å². The van der Waals surface area contributed by atoms with E-state index in [0.717, 1.165) is 42.4 Å². The summed E-state index contributed by atoms with van der Waals surface area (Å²) < 4.78 is 11.7. The molecule has 0 saturated heterocycles. The first-order chi connectivity index (χ1) is 9.16. The van der Waals surface area contributed by atoms with E-state index < -0.39 is 0 Å². The Bertz CT molecular complexity index is 490. The van der Waals surface area contributed by atoms with Gasteiger partial charge in [0.15, 0.2) is 11.5 Å². The Hall–Kier alpha value is -0.410. The maximum absolute atomic E-state index is 6.46. The average Bonchev–Trinajstić information content (AvgIpc) is 2.67. The van der Waals surface area contributed by atoms with Gasteiger partial charge in [0.1, 0.15) is 0 Å². The van der Waals surface area contributed by atoms with Crippen LogP contribution >= 0.6 is 27.5 Å². The Balaban J connectivity index is 2.14. The predicted molar refractivity (Wildman–Crippen MR) is 80.8 cm³/mol. The second-order valence-electron chi connectivity index (χ2n) is 5.48. The van der Waals surface area contributed by atoms with E-state index in [2.05, 4.69) is 22.9 Å². The largest absolute Gasteiger partial charge is 0.489 e. The molecule has 0 amide bonds. The third-order valence-corrected chi connectivity index (χ3v) is 5.11. The molecule has 19 heavy (non-hydrogen) atoms. The van der Waals surface area contributed by atoms with Crippen molar-refractivity contribution in [1.29, 1.82) is 0 Å². The minimum Gasteiger partial charge on any atom is -0.489 e. The fraction of sp³-hybridized carbons (Fsp3) is 0.600. The van der Waals surface area contributed by atoms with Crippen LogP contribution in [0, 0.1) is 5.92 Å². The van der Waals surface area contributed by atoms with Crippen LogP contribution in [0.4, 0.5) is 0 Å². The molecule has 3 rings (SSSR count). The molecule has 0 N–H and O–H groups in total. The van der Waals surface area contributed by atoms with Crippen molar-refractivity contribution in [3.63, 3.8) is 0 Å². The van der Waals surface area contributed by atoms with E-state index in [-0.39, 0.29) is 0 Å². The summed E-state index contributed by atoms with van der Waals surface area (Å²) in [5.41, 5.74) is 2.45. The summed E-state index contributed by atoms with van der Waals surface area (Å²) in [6.45, 7) is 3.71. The first-order valence-corrected chi connectivity index (χ1v) is 8.21. The molecule has 0 fully saturated rings. The number of rotatable bonds is 0. The molecule has 2 atom stereocenters. The first kappa shape index (κ1) is 13.6. The highest BCUT2D eigenvalue weighted by Gasteiger charge is 2.29. The molecule has 0 radical (unpaired) electrons. The molecule has 2 unspecified atom stereocenters. The van der Waals surface area contributed by atoms with Crippen LogP contribution in [0.15, 0.2) is 6.07 Å². The van der Waals surface area contributed by atoms with Crippen LogP contribution in [-0.4, -0.2) is 13.2 Å². The molecule has 2 aliphatic rings. The smallest absolute Gasteiger partial charge is 0.165 e. The molecular weight excluding hydrogens is 328 g/mol. The third-order valence-electron chi connectivity index (χ3n) is 3.94. The summed E-state index contributed by atoms with van der Waals surface area (Å²) in [4.78, 5) is 0.300. The van der Waals surface area contributed by atoms with Crippen LogP contribution < -0.4 is 9.47 Å². The number of benzene rings is 1. The Morgan fingerprint density at radius 2 is 2.11 bits per heavy atom. The number of alkyl halides is 1. The van der Waals surface area contributed by atoms with Crippen LogP contribution in [0.2, 0.25) is 5.02 Å². The van der Waals surface area contributed by atoms with Crippen molar-refractivity contribution in [3.8, 4) is 11.5 Å². The molecule has 0 spiro atoms. The summed E-state index contributed by atoms with van der Waals surface area (Å²) in [7, 11) is 0. The Labute approximate surface area is 127 Å². The summed E-state index contributed by atoms with van der Waals surface area (Å²) in [6.07, 6.45) is 4.23. The molecular formula is C15H18BrClO2. The second-order valence-corrected chi connectivity index (χ2v) is 6.99. The van der Waals surface area contributed by atoms with Crippen molar-refractivity contribution in [2.45, 2.75) is 37.4 Å². The van der Waals surface area contributed by atoms with Gasteiger partial charge < -0.3 is 9.47 Å². The Morgan fingerprint density at radius 3 is 2.95 bits per heavy atom. The van der Waals surface area contributed by atoms with E-state index >= 15 is 0 Å². The van der Waals surface area contributed by atoms with Gasteiger partial charge in [-0.2, -0.15) is 0 Å². The van der Waals surface area contributed by atoms with Crippen molar-refractivity contribution in [1.82, 2.24) is 0 Å². The molecule has 0 bridgehead atoms. The van der Waals surface area contributed by atoms with Crippen molar-refractivity contribution < 1.29 is 9.47 Å². The number of fused-ring (bicyclic) bond motifs is 3. The van der Waals surface area contributed by atoms with E-state index in [0.29, 0.717) is 17.4 Å². The number of halogens is 2. The molecule has 1 aliphatic carbocycles. The van der Waals surface area contributed by atoms with Crippen molar-refractivity contribution in [3.05, 3.63) is 22.2 Å². The van der Waals surface area contributed by atoms with Crippen LogP contribution in [0.1, 0.15) is 42.1 Å². The van der Waals surface area contributed by atoms with Crippen LogP contribution in [0.25, 0.3) is 0 Å². The molecule has 104 valence electrons. The van der Waals surface area contributed by atoms with Gasteiger partial charge in [-0.05, 0) is 30.7 Å². The van der Waals surface area contributed by atoms with E-state index in [1.807, 2.05) is 6.07 Å². The number of hydrogen-bond donors (Lipinski definition) is 0. The van der Waals surface area contributed by atoms with E-state index in [4.69, 9.17) is 21.1 Å². The fourth-order valence-electron chi connectivity index (χ4n) is 2.90. The molecule has 4 heteroatoms. The number of hydrogen-bond acceptors (Lipinski definition) is 2. The third kappa shape index (κ3) is 2.59. The molecule has 1 aliphatic heterocycles. The summed E-state index contributed by atoms with van der Waals surface area (Å²) in [5, 5.41) is 0.817. The minimum atomic E-state index is 0.300. The SMILES string of the molecule is CC1CCc2c(Cl)cc3c(c2C(Br)C1)OCCCO3. The summed E-state index contributed by atoms with van der Waals surface area (Å²) >= 11 is 10.3. The molecule has 1 aromatic rings. The van der Waals surface area contributed by atoms with Crippen LogP contribution in [0.3, 0.4) is 0 Å². The highest BCUT2D eigenvalue weighted by Crippen LogP contribution is 2.49. The lowest BCUT2D eigenvalue weighted by atomic mass is 10.0. The zero-order chi connectivity index (χ0) is 13.4. The highest BCUT2D eigenvalue weighted by atomic mass is 79.9. The predicted octanol–water partition coefficient (Wildman–Crippen LogP) is 4.91. The van der Waals surface area contributed by atoms with E-state index in [1.165, 1.54) is 17.5 Å². The molecule has 1 aromatic carbocycles. The molecule has 2 nitrogen and oxygen atoms in total. The molecule has 1 heterocycles. The van der Waals surface area contributed by atoms with Crippen molar-refractivity contribution >= 4 is 27.5 Å². The minimum absolute atomic E-state index is 0.300. The Morgan fingerprint density at radius 1 is 1.32 bits per heavy atom. The maximum Gasteiger partial charge on any atom is 0.165 e. The fourth-order valence-corrected chi connectivity index (χ4v) is 4.32. The monoisotopic (exact) mass is 344 g/mol. The lowest BCUT2D eigenvalue weighted by molar-refractivity contribution is 0.296. The van der Waals surface area contributed by atoms with Gasteiger partial charge in [0.2, 0.25) is 0 Å². The lowest BCUT2D eigenvalue weighted by Crippen LogP contribution is -2.03. The van der Waals surface area contributed by atoms with Gasteiger partial charge in [-0.1, -0.05) is 34.5 Å². The Kier molecular flexibility index (Phi) is 3.95. The standard InChI is InChI=1S/C15H18BrClO2/c1-9-3-4-10-12(17)8-13-15(14(10)11(16)7-9)19-6-2-5-18-13/h8-9,11H,2-7H2,1H3. The first-order valence-electron chi connectivity index (χ1n) is 6.91. The van der Waals surface area contributed by atoms with Gasteiger partial charge in [0, 0.05) is 27.9 Å². The molecule has 0 saturated carbocycles. The summed E-state index contributed by atoms with van der Waals surface area (Å²) in [6, 6.07) is 1.93. The second kappa shape index (κ2) is 5.53.